The Morgan fingerprint density at radius 3 is 2.29 bits per heavy atom. The number of rotatable bonds is 5. The fourth-order valence-corrected chi connectivity index (χ4v) is 3.22. The molecular weight excluding hydrogens is 284 g/mol. The SMILES string of the molecule is Cc1ccc(C(C)(C)C)cc1S(=O)(=O)NCC(N)C(C)C. The quantitative estimate of drug-likeness (QED) is 0.877. The van der Waals surface area contributed by atoms with Crippen molar-refractivity contribution in [3.63, 3.8) is 0 Å². The minimum Gasteiger partial charge on any atom is -0.326 e. The summed E-state index contributed by atoms with van der Waals surface area (Å²) in [6, 6.07) is 5.41. The van der Waals surface area contributed by atoms with Crippen molar-refractivity contribution in [2.75, 3.05) is 6.54 Å². The number of hydrogen-bond acceptors (Lipinski definition) is 3. The molecule has 3 N–H and O–H groups in total. The number of nitrogens with two attached hydrogens (primary N) is 1. The van der Waals surface area contributed by atoms with Crippen molar-refractivity contribution in [3.8, 4) is 0 Å². The minimum atomic E-state index is -3.53. The lowest BCUT2D eigenvalue weighted by molar-refractivity contribution is 0.481. The molecule has 1 unspecified atom stereocenters. The summed E-state index contributed by atoms with van der Waals surface area (Å²) in [5.74, 6) is 0.231. The van der Waals surface area contributed by atoms with E-state index in [-0.39, 0.29) is 23.9 Å². The second-order valence-corrected chi connectivity index (χ2v) is 8.73. The van der Waals surface area contributed by atoms with E-state index < -0.39 is 10.0 Å². The molecule has 1 rings (SSSR count). The van der Waals surface area contributed by atoms with Crippen molar-refractivity contribution in [3.05, 3.63) is 29.3 Å². The van der Waals surface area contributed by atoms with Crippen LogP contribution in [0.3, 0.4) is 0 Å². The first-order valence-corrected chi connectivity index (χ1v) is 8.80. The molecule has 0 amide bonds. The van der Waals surface area contributed by atoms with E-state index in [1.807, 2.05) is 32.9 Å². The molecule has 0 bridgehead atoms. The largest absolute Gasteiger partial charge is 0.326 e. The van der Waals surface area contributed by atoms with Gasteiger partial charge in [-0.05, 0) is 35.4 Å². The van der Waals surface area contributed by atoms with Gasteiger partial charge in [0.1, 0.15) is 0 Å². The third kappa shape index (κ3) is 4.80. The Bertz CT molecular complexity index is 587. The Balaban J connectivity index is 3.08. The predicted octanol–water partition coefficient (Wildman–Crippen LogP) is 2.55. The number of nitrogens with one attached hydrogen (secondary N) is 1. The summed E-state index contributed by atoms with van der Waals surface area (Å²) in [5.41, 5.74) is 7.57. The van der Waals surface area contributed by atoms with Crippen LogP contribution in [-0.4, -0.2) is 21.0 Å². The van der Waals surface area contributed by atoms with Crippen LogP contribution >= 0.6 is 0 Å². The summed E-state index contributed by atoms with van der Waals surface area (Å²) in [6.45, 7) is 12.2. The molecule has 1 aromatic carbocycles. The molecule has 120 valence electrons. The summed E-state index contributed by atoms with van der Waals surface area (Å²) in [7, 11) is -3.53. The van der Waals surface area contributed by atoms with Crippen LogP contribution in [0.15, 0.2) is 23.1 Å². The summed E-state index contributed by atoms with van der Waals surface area (Å²) < 4.78 is 27.6. The summed E-state index contributed by atoms with van der Waals surface area (Å²) >= 11 is 0. The van der Waals surface area contributed by atoms with E-state index in [2.05, 4.69) is 25.5 Å². The van der Waals surface area contributed by atoms with Gasteiger partial charge in [0.25, 0.3) is 0 Å². The van der Waals surface area contributed by atoms with E-state index in [1.165, 1.54) is 0 Å². The van der Waals surface area contributed by atoms with Crippen molar-refractivity contribution >= 4 is 10.0 Å². The Hall–Kier alpha value is -0.910. The number of aryl methyl sites for hydroxylation is 1. The first kappa shape index (κ1) is 18.1. The first-order valence-electron chi connectivity index (χ1n) is 7.31. The second-order valence-electron chi connectivity index (χ2n) is 6.99. The zero-order valence-corrected chi connectivity index (χ0v) is 14.7. The molecule has 1 atom stereocenters. The zero-order valence-electron chi connectivity index (χ0n) is 13.9. The maximum Gasteiger partial charge on any atom is 0.240 e. The van der Waals surface area contributed by atoms with Gasteiger partial charge in [-0.25, -0.2) is 13.1 Å². The maximum atomic E-state index is 12.5. The van der Waals surface area contributed by atoms with Crippen molar-refractivity contribution in [2.24, 2.45) is 11.7 Å². The van der Waals surface area contributed by atoms with Crippen molar-refractivity contribution < 1.29 is 8.42 Å². The van der Waals surface area contributed by atoms with Gasteiger partial charge in [-0.15, -0.1) is 0 Å². The number of hydrogen-bond donors (Lipinski definition) is 2. The molecule has 1 aromatic rings. The van der Waals surface area contributed by atoms with Crippen LogP contribution in [0.1, 0.15) is 45.7 Å². The van der Waals surface area contributed by atoms with E-state index >= 15 is 0 Å². The van der Waals surface area contributed by atoms with Crippen LogP contribution in [0, 0.1) is 12.8 Å². The smallest absolute Gasteiger partial charge is 0.240 e. The molecular formula is C16H28N2O2S. The van der Waals surface area contributed by atoms with E-state index in [1.54, 1.807) is 6.07 Å². The van der Waals surface area contributed by atoms with E-state index in [0.29, 0.717) is 4.90 Å². The molecule has 4 nitrogen and oxygen atoms in total. The molecule has 0 saturated heterocycles. The lowest BCUT2D eigenvalue weighted by atomic mass is 9.87. The van der Waals surface area contributed by atoms with Gasteiger partial charge >= 0.3 is 0 Å². The fraction of sp³-hybridized carbons (Fsp3) is 0.625. The molecule has 0 fully saturated rings. The molecule has 0 saturated carbocycles. The van der Waals surface area contributed by atoms with Crippen LogP contribution in [0.2, 0.25) is 0 Å². The first-order chi connectivity index (χ1) is 9.45. The average Bonchev–Trinajstić information content (AvgIpc) is 2.34. The van der Waals surface area contributed by atoms with Crippen molar-refractivity contribution in [1.29, 1.82) is 0 Å². The average molecular weight is 312 g/mol. The van der Waals surface area contributed by atoms with Crippen molar-refractivity contribution in [1.82, 2.24) is 4.72 Å². The zero-order chi connectivity index (χ0) is 16.4. The monoisotopic (exact) mass is 312 g/mol. The van der Waals surface area contributed by atoms with Gasteiger partial charge in [-0.3, -0.25) is 0 Å². The molecule has 0 aliphatic heterocycles. The van der Waals surface area contributed by atoms with E-state index in [4.69, 9.17) is 5.73 Å². The number of sulfonamides is 1. The topological polar surface area (TPSA) is 72.2 Å². The Morgan fingerprint density at radius 1 is 1.24 bits per heavy atom. The van der Waals surface area contributed by atoms with Crippen LogP contribution in [0.5, 0.6) is 0 Å². The Labute approximate surface area is 129 Å². The van der Waals surface area contributed by atoms with Crippen molar-refractivity contribution in [2.45, 2.75) is 57.9 Å². The van der Waals surface area contributed by atoms with Crippen LogP contribution in [-0.2, 0) is 15.4 Å². The molecule has 0 spiro atoms. The molecule has 0 aromatic heterocycles. The minimum absolute atomic E-state index is 0.0910. The highest BCUT2D eigenvalue weighted by Gasteiger charge is 2.22. The van der Waals surface area contributed by atoms with Gasteiger partial charge in [0.2, 0.25) is 10.0 Å². The molecule has 21 heavy (non-hydrogen) atoms. The molecule has 0 aliphatic rings. The van der Waals surface area contributed by atoms with Gasteiger partial charge in [0, 0.05) is 12.6 Å². The predicted molar refractivity (Wildman–Crippen MR) is 87.9 cm³/mol. The van der Waals surface area contributed by atoms with Crippen LogP contribution in [0.4, 0.5) is 0 Å². The van der Waals surface area contributed by atoms with Gasteiger partial charge in [0.05, 0.1) is 4.90 Å². The molecule has 0 radical (unpaired) electrons. The van der Waals surface area contributed by atoms with Crippen LogP contribution in [0.25, 0.3) is 0 Å². The van der Waals surface area contributed by atoms with E-state index in [0.717, 1.165) is 11.1 Å². The lowest BCUT2D eigenvalue weighted by Gasteiger charge is -2.21. The Morgan fingerprint density at radius 2 is 1.81 bits per heavy atom. The van der Waals surface area contributed by atoms with Gasteiger partial charge < -0.3 is 5.73 Å². The number of benzene rings is 1. The third-order valence-electron chi connectivity index (χ3n) is 3.71. The molecule has 0 aliphatic carbocycles. The normalized spacial score (nSPS) is 14.5. The third-order valence-corrected chi connectivity index (χ3v) is 5.27. The molecule has 0 heterocycles. The second kappa shape index (κ2) is 6.46. The summed E-state index contributed by atoms with van der Waals surface area (Å²) in [6.07, 6.45) is 0. The summed E-state index contributed by atoms with van der Waals surface area (Å²) in [5, 5.41) is 0. The summed E-state index contributed by atoms with van der Waals surface area (Å²) in [4.78, 5) is 0.339. The van der Waals surface area contributed by atoms with E-state index in [9.17, 15) is 8.42 Å². The highest BCUT2D eigenvalue weighted by atomic mass is 32.2. The molecule has 5 heteroatoms. The van der Waals surface area contributed by atoms with Gasteiger partial charge in [0.15, 0.2) is 0 Å². The highest BCUT2D eigenvalue weighted by Crippen LogP contribution is 2.26. The standard InChI is InChI=1S/C16H28N2O2S/c1-11(2)14(17)10-18-21(19,20)15-9-13(16(4,5)6)8-7-12(15)3/h7-9,11,14,18H,10,17H2,1-6H3. The van der Waals surface area contributed by atoms with Gasteiger partial charge in [-0.2, -0.15) is 0 Å². The Kier molecular flexibility index (Phi) is 5.58. The van der Waals surface area contributed by atoms with Crippen LogP contribution < -0.4 is 10.5 Å². The van der Waals surface area contributed by atoms with Gasteiger partial charge in [-0.1, -0.05) is 46.8 Å². The maximum absolute atomic E-state index is 12.5. The highest BCUT2D eigenvalue weighted by molar-refractivity contribution is 7.89. The lowest BCUT2D eigenvalue weighted by Crippen LogP contribution is -2.40. The fourth-order valence-electron chi connectivity index (χ4n) is 1.88.